The lowest BCUT2D eigenvalue weighted by molar-refractivity contribution is -0.140. The Labute approximate surface area is 240 Å². The Morgan fingerprint density at radius 3 is 2.10 bits per heavy atom. The molecule has 0 spiro atoms. The number of carbonyl (C=O) groups excluding carboxylic acids is 4. The molecular formula is C27H42N3O10P. The Hall–Kier alpha value is -3.28. The van der Waals surface area contributed by atoms with Crippen LogP contribution in [0.5, 0.6) is 5.75 Å². The summed E-state index contributed by atoms with van der Waals surface area (Å²) in [4.78, 5) is 81.4. The Morgan fingerprint density at radius 2 is 1.61 bits per heavy atom. The van der Waals surface area contributed by atoms with Crippen molar-refractivity contribution in [2.24, 2.45) is 0 Å². The SMILES string of the molecule is CCCCCN(CCCCC)C(=O)C(CCC(=O)O)NC(=O)C(Cc1ccc(OP(=O)(O)O)c(C=O)c1)NC(C)=O. The number of phosphoric acid groups is 1. The number of benzene rings is 1. The van der Waals surface area contributed by atoms with E-state index >= 15 is 0 Å². The van der Waals surface area contributed by atoms with Gasteiger partial charge in [-0.2, -0.15) is 0 Å². The summed E-state index contributed by atoms with van der Waals surface area (Å²) in [6.07, 6.45) is 4.95. The van der Waals surface area contributed by atoms with Crippen LogP contribution in [0.15, 0.2) is 18.2 Å². The van der Waals surface area contributed by atoms with Crippen molar-refractivity contribution in [2.45, 2.75) is 90.6 Å². The number of carbonyl (C=O) groups is 5. The van der Waals surface area contributed by atoms with E-state index in [2.05, 4.69) is 15.2 Å². The standard InChI is InChI=1S/C27H42N3O10P/c1-4-6-8-14-30(15-9-7-5-2)27(36)22(11-13-25(33)34)29-26(35)23(28-19(3)32)17-20-10-12-24(21(16-20)18-31)40-41(37,38)39/h10,12,16,18,22-23H,4-9,11,13-15,17H2,1-3H3,(H,28,32)(H,29,35)(H,33,34)(H2,37,38,39). The molecule has 2 unspecified atom stereocenters. The molecular weight excluding hydrogens is 557 g/mol. The lowest BCUT2D eigenvalue weighted by atomic mass is 10.0. The van der Waals surface area contributed by atoms with Crippen molar-refractivity contribution in [2.75, 3.05) is 13.1 Å². The first-order chi connectivity index (χ1) is 19.3. The number of carboxylic acids is 1. The summed E-state index contributed by atoms with van der Waals surface area (Å²) >= 11 is 0. The minimum atomic E-state index is -4.93. The van der Waals surface area contributed by atoms with Crippen LogP contribution in [0.3, 0.4) is 0 Å². The van der Waals surface area contributed by atoms with Gasteiger partial charge < -0.3 is 25.2 Å². The number of aliphatic carboxylic acids is 1. The number of unbranched alkanes of at least 4 members (excludes halogenated alkanes) is 4. The van der Waals surface area contributed by atoms with Crippen molar-refractivity contribution in [3.63, 3.8) is 0 Å². The number of nitrogens with zero attached hydrogens (tertiary/aromatic N) is 1. The van der Waals surface area contributed by atoms with Crippen LogP contribution in [-0.2, 0) is 30.2 Å². The number of phosphoric ester groups is 1. The zero-order chi connectivity index (χ0) is 31.0. The summed E-state index contributed by atoms with van der Waals surface area (Å²) in [7, 11) is -4.93. The Bertz CT molecular complexity index is 1080. The largest absolute Gasteiger partial charge is 0.524 e. The van der Waals surface area contributed by atoms with Gasteiger partial charge in [-0.25, -0.2) is 4.57 Å². The fraction of sp³-hybridized carbons (Fsp3) is 0.593. The average Bonchev–Trinajstić information content (AvgIpc) is 2.89. The third kappa shape index (κ3) is 14.3. The van der Waals surface area contributed by atoms with E-state index in [1.165, 1.54) is 19.1 Å². The van der Waals surface area contributed by atoms with Crippen molar-refractivity contribution in [1.29, 1.82) is 0 Å². The molecule has 1 aromatic carbocycles. The monoisotopic (exact) mass is 599 g/mol. The fourth-order valence-corrected chi connectivity index (χ4v) is 4.60. The maximum absolute atomic E-state index is 13.5. The zero-order valence-electron chi connectivity index (χ0n) is 23.8. The second kappa shape index (κ2) is 18.2. The van der Waals surface area contributed by atoms with Gasteiger partial charge in [-0.05, 0) is 37.0 Å². The molecule has 0 bridgehead atoms. The van der Waals surface area contributed by atoms with Crippen molar-refractivity contribution >= 4 is 37.8 Å². The molecule has 1 aromatic rings. The smallest absolute Gasteiger partial charge is 0.481 e. The fourth-order valence-electron chi connectivity index (χ4n) is 4.17. The number of aldehydes is 1. The number of rotatable bonds is 20. The van der Waals surface area contributed by atoms with Gasteiger partial charge in [0.25, 0.3) is 0 Å². The third-order valence-electron chi connectivity index (χ3n) is 6.19. The number of hydrogen-bond donors (Lipinski definition) is 5. The van der Waals surface area contributed by atoms with Gasteiger partial charge in [-0.1, -0.05) is 45.6 Å². The lowest BCUT2D eigenvalue weighted by Crippen LogP contribution is -2.55. The first-order valence-electron chi connectivity index (χ1n) is 13.7. The first-order valence-corrected chi connectivity index (χ1v) is 15.3. The molecule has 0 heterocycles. The molecule has 1 rings (SSSR count). The highest BCUT2D eigenvalue weighted by Gasteiger charge is 2.30. The van der Waals surface area contributed by atoms with Crippen LogP contribution in [-0.4, -0.2) is 74.9 Å². The van der Waals surface area contributed by atoms with E-state index in [1.807, 2.05) is 13.8 Å². The van der Waals surface area contributed by atoms with Gasteiger partial charge in [-0.3, -0.25) is 33.8 Å². The highest BCUT2D eigenvalue weighted by molar-refractivity contribution is 7.46. The first kappa shape index (κ1) is 35.7. The van der Waals surface area contributed by atoms with Crippen molar-refractivity contribution < 1.29 is 48.0 Å². The molecule has 5 N–H and O–H groups in total. The number of amides is 3. The summed E-state index contributed by atoms with van der Waals surface area (Å²) in [6.45, 7) is 6.23. The molecule has 0 fully saturated rings. The van der Waals surface area contributed by atoms with E-state index in [0.29, 0.717) is 24.9 Å². The zero-order valence-corrected chi connectivity index (χ0v) is 24.7. The Morgan fingerprint density at radius 1 is 1.00 bits per heavy atom. The number of carboxylic acid groups (broad SMARTS) is 1. The minimum absolute atomic E-state index is 0.140. The molecule has 14 heteroatoms. The van der Waals surface area contributed by atoms with Gasteiger partial charge in [0.2, 0.25) is 17.7 Å². The molecule has 0 aliphatic carbocycles. The Kier molecular flexibility index (Phi) is 15.9. The van der Waals surface area contributed by atoms with Crippen LogP contribution >= 0.6 is 7.82 Å². The Balaban J connectivity index is 3.22. The summed E-state index contributed by atoms with van der Waals surface area (Å²) < 4.78 is 15.7. The van der Waals surface area contributed by atoms with E-state index in [1.54, 1.807) is 4.90 Å². The molecule has 0 saturated heterocycles. The van der Waals surface area contributed by atoms with Crippen LogP contribution in [0.1, 0.15) is 88.1 Å². The van der Waals surface area contributed by atoms with E-state index < -0.39 is 43.6 Å². The van der Waals surface area contributed by atoms with Gasteiger partial charge in [0.15, 0.2) is 6.29 Å². The van der Waals surface area contributed by atoms with Gasteiger partial charge in [0.1, 0.15) is 17.8 Å². The van der Waals surface area contributed by atoms with Gasteiger partial charge >= 0.3 is 13.8 Å². The van der Waals surface area contributed by atoms with Gasteiger partial charge in [0, 0.05) is 32.9 Å². The summed E-state index contributed by atoms with van der Waals surface area (Å²) in [5.74, 6) is -3.15. The molecule has 0 saturated carbocycles. The van der Waals surface area contributed by atoms with Gasteiger partial charge in [-0.15, -0.1) is 0 Å². The van der Waals surface area contributed by atoms with Crippen LogP contribution < -0.4 is 15.2 Å². The van der Waals surface area contributed by atoms with E-state index in [-0.39, 0.29) is 30.6 Å². The molecule has 41 heavy (non-hydrogen) atoms. The molecule has 2 atom stereocenters. The van der Waals surface area contributed by atoms with E-state index in [4.69, 9.17) is 9.79 Å². The molecule has 3 amide bonds. The highest BCUT2D eigenvalue weighted by Crippen LogP contribution is 2.39. The third-order valence-corrected chi connectivity index (χ3v) is 6.62. The summed E-state index contributed by atoms with van der Waals surface area (Å²) in [6, 6.07) is 1.45. The van der Waals surface area contributed by atoms with Crippen LogP contribution in [0.25, 0.3) is 0 Å². The van der Waals surface area contributed by atoms with Crippen molar-refractivity contribution in [1.82, 2.24) is 15.5 Å². The highest BCUT2D eigenvalue weighted by atomic mass is 31.2. The molecule has 0 aromatic heterocycles. The van der Waals surface area contributed by atoms with Crippen molar-refractivity contribution in [3.05, 3.63) is 29.3 Å². The topological polar surface area (TPSA) is 200 Å². The van der Waals surface area contributed by atoms with Crippen LogP contribution in [0.4, 0.5) is 0 Å². The maximum atomic E-state index is 13.5. The number of nitrogens with one attached hydrogen (secondary N) is 2. The molecule has 0 aliphatic rings. The second-order valence-electron chi connectivity index (χ2n) is 9.76. The van der Waals surface area contributed by atoms with Gasteiger partial charge in [0.05, 0.1) is 5.56 Å². The predicted octanol–water partition coefficient (Wildman–Crippen LogP) is 2.58. The second-order valence-corrected chi connectivity index (χ2v) is 10.9. The average molecular weight is 600 g/mol. The maximum Gasteiger partial charge on any atom is 0.524 e. The molecule has 0 radical (unpaired) electrons. The van der Waals surface area contributed by atoms with Crippen LogP contribution in [0.2, 0.25) is 0 Å². The summed E-state index contributed by atoms with van der Waals surface area (Å²) in [5, 5.41) is 14.4. The quantitative estimate of drug-likeness (QED) is 0.0843. The van der Waals surface area contributed by atoms with Crippen LogP contribution in [0, 0.1) is 0 Å². The number of hydrogen-bond acceptors (Lipinski definition) is 7. The lowest BCUT2D eigenvalue weighted by Gasteiger charge is -2.29. The molecule has 0 aliphatic heterocycles. The molecule has 230 valence electrons. The van der Waals surface area contributed by atoms with E-state index in [0.717, 1.165) is 44.6 Å². The predicted molar refractivity (Wildman–Crippen MR) is 150 cm³/mol. The van der Waals surface area contributed by atoms with E-state index in [9.17, 15) is 33.6 Å². The normalized spacial score (nSPS) is 12.6. The van der Waals surface area contributed by atoms with Crippen molar-refractivity contribution in [3.8, 4) is 5.75 Å². The minimum Gasteiger partial charge on any atom is -0.481 e. The summed E-state index contributed by atoms with van der Waals surface area (Å²) in [5.41, 5.74) is 0.172. The molecule has 13 nitrogen and oxygen atoms in total.